The van der Waals surface area contributed by atoms with Gasteiger partial charge in [0.25, 0.3) is 0 Å². The van der Waals surface area contributed by atoms with E-state index in [1.807, 2.05) is 6.07 Å². The summed E-state index contributed by atoms with van der Waals surface area (Å²) >= 11 is 0. The summed E-state index contributed by atoms with van der Waals surface area (Å²) in [5.74, 6) is 1.54. The fourth-order valence-electron chi connectivity index (χ4n) is 2.74. The highest BCUT2D eigenvalue weighted by atomic mass is 19.4. The van der Waals surface area contributed by atoms with Gasteiger partial charge in [-0.15, -0.1) is 0 Å². The summed E-state index contributed by atoms with van der Waals surface area (Å²) < 4.78 is 85.1. The Bertz CT molecular complexity index is 1210. The largest absolute Gasteiger partial charge is 0.457 e. The number of rotatable bonds is 4. The summed E-state index contributed by atoms with van der Waals surface area (Å²) in [5.41, 5.74) is 4.64. The molecule has 4 rings (SSSR count). The molecule has 35 heavy (non-hydrogen) atoms. The third-order valence-electron chi connectivity index (χ3n) is 4.44. The minimum atomic E-state index is -4.37. The van der Waals surface area contributed by atoms with Gasteiger partial charge in [0.2, 0.25) is 0 Å². The van der Waals surface area contributed by atoms with Crippen molar-refractivity contribution in [2.24, 2.45) is 0 Å². The van der Waals surface area contributed by atoms with Crippen molar-refractivity contribution in [1.82, 2.24) is 0 Å². The van der Waals surface area contributed by atoms with Gasteiger partial charge in [0.15, 0.2) is 0 Å². The Morgan fingerprint density at radius 3 is 1.46 bits per heavy atom. The number of nitrogens with two attached hydrogens (primary N) is 1. The zero-order valence-electron chi connectivity index (χ0n) is 18.0. The summed E-state index contributed by atoms with van der Waals surface area (Å²) in [5, 5.41) is 0. The molecular formula is C26H19F6NO2. The van der Waals surface area contributed by atoms with Crippen molar-refractivity contribution in [3.8, 4) is 23.0 Å². The van der Waals surface area contributed by atoms with Crippen molar-refractivity contribution in [3.63, 3.8) is 0 Å². The maximum atomic E-state index is 12.5. The molecule has 0 aliphatic heterocycles. The first-order valence-electron chi connectivity index (χ1n) is 10.1. The minimum Gasteiger partial charge on any atom is -0.457 e. The number of anilines is 1. The Hall–Kier alpha value is -4.14. The van der Waals surface area contributed by atoms with Crippen molar-refractivity contribution in [3.05, 3.63) is 114 Å². The number of alkyl halides is 6. The molecule has 0 aliphatic carbocycles. The molecule has 4 aromatic rings. The van der Waals surface area contributed by atoms with Crippen LogP contribution >= 0.6 is 0 Å². The van der Waals surface area contributed by atoms with Gasteiger partial charge >= 0.3 is 12.4 Å². The summed E-state index contributed by atoms with van der Waals surface area (Å²) in [6, 6.07) is 24.6. The second-order valence-corrected chi connectivity index (χ2v) is 7.13. The van der Waals surface area contributed by atoms with Crippen molar-refractivity contribution >= 4 is 5.69 Å². The second-order valence-electron chi connectivity index (χ2n) is 7.13. The molecule has 0 aromatic heterocycles. The Morgan fingerprint density at radius 1 is 0.457 bits per heavy atom. The fourth-order valence-corrected chi connectivity index (χ4v) is 2.74. The number of nitrogen functional groups attached to an aromatic ring is 1. The molecule has 182 valence electrons. The molecule has 0 saturated heterocycles. The third kappa shape index (κ3) is 7.99. The zero-order chi connectivity index (χ0) is 25.5. The Morgan fingerprint density at radius 2 is 0.914 bits per heavy atom. The van der Waals surface area contributed by atoms with Crippen LogP contribution in [0.15, 0.2) is 103 Å². The lowest BCUT2D eigenvalue weighted by molar-refractivity contribution is -0.138. The van der Waals surface area contributed by atoms with Crippen molar-refractivity contribution in [2.75, 3.05) is 5.73 Å². The van der Waals surface area contributed by atoms with Crippen LogP contribution in [0.4, 0.5) is 32.0 Å². The summed E-state index contributed by atoms with van der Waals surface area (Å²) in [6.07, 6.45) is -8.69. The summed E-state index contributed by atoms with van der Waals surface area (Å²) in [6.45, 7) is 0. The SMILES string of the molecule is FC(F)(F)c1ccc(Oc2ccccc2)cc1.Nc1ccc(Oc2cccc(C(F)(F)F)c2)cc1. The normalized spacial score (nSPS) is 11.3. The van der Waals surface area contributed by atoms with Crippen molar-refractivity contribution in [1.29, 1.82) is 0 Å². The molecule has 0 radical (unpaired) electrons. The lowest BCUT2D eigenvalue weighted by Gasteiger charge is -2.10. The van der Waals surface area contributed by atoms with Crippen LogP contribution in [0.2, 0.25) is 0 Å². The van der Waals surface area contributed by atoms with Gasteiger partial charge in [-0.05, 0) is 78.9 Å². The van der Waals surface area contributed by atoms with Gasteiger partial charge in [-0.2, -0.15) is 26.3 Å². The molecule has 0 heterocycles. The van der Waals surface area contributed by atoms with Crippen molar-refractivity contribution < 1.29 is 35.8 Å². The lowest BCUT2D eigenvalue weighted by atomic mass is 10.2. The molecule has 0 amide bonds. The molecule has 3 nitrogen and oxygen atoms in total. The molecule has 0 unspecified atom stereocenters. The Kier molecular flexibility index (Phi) is 7.91. The second kappa shape index (κ2) is 10.9. The highest BCUT2D eigenvalue weighted by Crippen LogP contribution is 2.33. The van der Waals surface area contributed by atoms with Crippen LogP contribution in [-0.4, -0.2) is 0 Å². The molecule has 0 spiro atoms. The molecule has 9 heteroatoms. The topological polar surface area (TPSA) is 44.5 Å². The Balaban J connectivity index is 0.000000196. The molecule has 0 saturated carbocycles. The van der Waals surface area contributed by atoms with E-state index in [0.29, 0.717) is 22.9 Å². The number of hydrogen-bond donors (Lipinski definition) is 1. The van der Waals surface area contributed by atoms with E-state index in [1.165, 1.54) is 24.3 Å². The first-order chi connectivity index (χ1) is 16.5. The van der Waals surface area contributed by atoms with E-state index in [4.69, 9.17) is 15.2 Å². The van der Waals surface area contributed by atoms with Crippen LogP contribution < -0.4 is 15.2 Å². The first-order valence-corrected chi connectivity index (χ1v) is 10.1. The molecule has 2 N–H and O–H groups in total. The molecule has 0 bridgehead atoms. The summed E-state index contributed by atoms with van der Waals surface area (Å²) in [4.78, 5) is 0. The molecule has 0 atom stereocenters. The minimum absolute atomic E-state index is 0.134. The van der Waals surface area contributed by atoms with Gasteiger partial charge in [0, 0.05) is 5.69 Å². The van der Waals surface area contributed by atoms with E-state index >= 15 is 0 Å². The molecular weight excluding hydrogens is 472 g/mol. The van der Waals surface area contributed by atoms with Crippen molar-refractivity contribution in [2.45, 2.75) is 12.4 Å². The van der Waals surface area contributed by atoms with Crippen LogP contribution in [0.3, 0.4) is 0 Å². The predicted molar refractivity (Wildman–Crippen MR) is 120 cm³/mol. The number of para-hydroxylation sites is 1. The van der Waals surface area contributed by atoms with Gasteiger partial charge in [0.1, 0.15) is 23.0 Å². The monoisotopic (exact) mass is 491 g/mol. The van der Waals surface area contributed by atoms with Crippen LogP contribution in [0.25, 0.3) is 0 Å². The van der Waals surface area contributed by atoms with E-state index in [9.17, 15) is 26.3 Å². The van der Waals surface area contributed by atoms with Crippen LogP contribution in [0, 0.1) is 0 Å². The van der Waals surface area contributed by atoms with Crippen LogP contribution in [0.5, 0.6) is 23.0 Å². The average Bonchev–Trinajstić information content (AvgIpc) is 2.81. The van der Waals surface area contributed by atoms with Gasteiger partial charge in [-0.25, -0.2) is 0 Å². The molecule has 0 aliphatic rings. The van der Waals surface area contributed by atoms with E-state index < -0.39 is 23.5 Å². The first kappa shape index (κ1) is 25.5. The smallest absolute Gasteiger partial charge is 0.416 e. The quantitative estimate of drug-likeness (QED) is 0.230. The van der Waals surface area contributed by atoms with Gasteiger partial charge in [0.05, 0.1) is 11.1 Å². The van der Waals surface area contributed by atoms with Crippen LogP contribution in [-0.2, 0) is 12.4 Å². The highest BCUT2D eigenvalue weighted by molar-refractivity contribution is 5.43. The number of ether oxygens (including phenoxy) is 2. The average molecular weight is 491 g/mol. The maximum absolute atomic E-state index is 12.5. The number of benzene rings is 4. The van der Waals surface area contributed by atoms with E-state index in [0.717, 1.165) is 24.3 Å². The van der Waals surface area contributed by atoms with E-state index in [-0.39, 0.29) is 5.75 Å². The predicted octanol–water partition coefficient (Wildman–Crippen LogP) is 8.58. The fraction of sp³-hybridized carbons (Fsp3) is 0.0769. The van der Waals surface area contributed by atoms with E-state index in [2.05, 4.69) is 0 Å². The maximum Gasteiger partial charge on any atom is 0.416 e. The lowest BCUT2D eigenvalue weighted by Crippen LogP contribution is -2.04. The summed E-state index contributed by atoms with van der Waals surface area (Å²) in [7, 11) is 0. The third-order valence-corrected chi connectivity index (χ3v) is 4.44. The highest BCUT2D eigenvalue weighted by Gasteiger charge is 2.31. The van der Waals surface area contributed by atoms with Gasteiger partial charge in [-0.1, -0.05) is 24.3 Å². The number of hydrogen-bond acceptors (Lipinski definition) is 3. The van der Waals surface area contributed by atoms with Gasteiger partial charge < -0.3 is 15.2 Å². The van der Waals surface area contributed by atoms with Crippen LogP contribution in [0.1, 0.15) is 11.1 Å². The standard InChI is InChI=1S/C13H10F3NO.C13H9F3O/c14-13(15,16)9-2-1-3-12(8-9)18-11-6-4-10(17)5-7-11;14-13(15,16)10-6-8-12(9-7-10)17-11-4-2-1-3-5-11/h1-8H,17H2;1-9H. The Labute approximate surface area is 197 Å². The van der Waals surface area contributed by atoms with E-state index in [1.54, 1.807) is 48.5 Å². The molecule has 0 fully saturated rings. The number of halogens is 6. The van der Waals surface area contributed by atoms with Gasteiger partial charge in [-0.3, -0.25) is 0 Å². The molecule has 4 aromatic carbocycles. The zero-order valence-corrected chi connectivity index (χ0v) is 18.0.